The second kappa shape index (κ2) is 11.4. The van der Waals surface area contributed by atoms with E-state index in [1.54, 1.807) is 12.1 Å². The summed E-state index contributed by atoms with van der Waals surface area (Å²) >= 11 is 7.29. The van der Waals surface area contributed by atoms with E-state index in [2.05, 4.69) is 15.0 Å². The van der Waals surface area contributed by atoms with Crippen molar-refractivity contribution in [2.75, 3.05) is 26.7 Å². The predicted molar refractivity (Wildman–Crippen MR) is 128 cm³/mol. The van der Waals surface area contributed by atoms with Crippen molar-refractivity contribution < 1.29 is 8.42 Å². The lowest BCUT2D eigenvalue weighted by molar-refractivity contribution is 0.462. The SMILES string of the molecule is CCNC(=NCCNS(=O)(=O)c1ccc(C)s1)N(C)Cc1cc(Cl)cn1C.I. The lowest BCUT2D eigenvalue weighted by Crippen LogP contribution is -2.39. The molecule has 0 aliphatic heterocycles. The average Bonchev–Trinajstić information content (AvgIpc) is 3.16. The highest BCUT2D eigenvalue weighted by molar-refractivity contribution is 14.0. The molecule has 0 aliphatic rings. The van der Waals surface area contributed by atoms with Crippen LogP contribution in [-0.2, 0) is 23.6 Å². The summed E-state index contributed by atoms with van der Waals surface area (Å²) in [5.41, 5.74) is 1.06. The molecule has 11 heteroatoms. The van der Waals surface area contributed by atoms with Gasteiger partial charge in [-0.3, -0.25) is 4.99 Å². The number of aryl methyl sites for hydroxylation is 2. The summed E-state index contributed by atoms with van der Waals surface area (Å²) in [6, 6.07) is 5.33. The van der Waals surface area contributed by atoms with E-state index in [0.29, 0.717) is 28.3 Å². The normalized spacial score (nSPS) is 12.0. The number of guanidine groups is 1. The van der Waals surface area contributed by atoms with E-state index >= 15 is 0 Å². The van der Waals surface area contributed by atoms with Gasteiger partial charge in [-0.05, 0) is 32.0 Å². The molecule has 0 saturated carbocycles. The number of hydrogen-bond acceptors (Lipinski definition) is 4. The number of halogens is 2. The van der Waals surface area contributed by atoms with Crippen molar-refractivity contribution in [3.63, 3.8) is 0 Å². The Morgan fingerprint density at radius 1 is 1.39 bits per heavy atom. The van der Waals surface area contributed by atoms with E-state index < -0.39 is 10.0 Å². The Labute approximate surface area is 193 Å². The quantitative estimate of drug-likeness (QED) is 0.226. The molecule has 28 heavy (non-hydrogen) atoms. The molecule has 0 amide bonds. The Morgan fingerprint density at radius 3 is 2.64 bits per heavy atom. The molecule has 2 aromatic rings. The smallest absolute Gasteiger partial charge is 0.250 e. The third-order valence-electron chi connectivity index (χ3n) is 3.82. The molecule has 2 heterocycles. The molecule has 0 spiro atoms. The minimum Gasteiger partial charge on any atom is -0.357 e. The zero-order valence-corrected chi connectivity index (χ0v) is 21.1. The Morgan fingerprint density at radius 2 is 2.11 bits per heavy atom. The molecule has 0 aliphatic carbocycles. The summed E-state index contributed by atoms with van der Waals surface area (Å²) in [6.45, 7) is 5.80. The van der Waals surface area contributed by atoms with Crippen LogP contribution in [0.3, 0.4) is 0 Å². The van der Waals surface area contributed by atoms with Crippen LogP contribution in [0.5, 0.6) is 0 Å². The number of rotatable bonds is 8. The summed E-state index contributed by atoms with van der Waals surface area (Å²) < 4.78 is 29.4. The van der Waals surface area contributed by atoms with Crippen LogP contribution >= 0.6 is 46.9 Å². The average molecular weight is 560 g/mol. The highest BCUT2D eigenvalue weighted by atomic mass is 127. The van der Waals surface area contributed by atoms with Crippen molar-refractivity contribution >= 4 is 62.9 Å². The van der Waals surface area contributed by atoms with Crippen LogP contribution in [0.25, 0.3) is 0 Å². The molecule has 0 aromatic carbocycles. The molecule has 0 fully saturated rings. The number of thiophene rings is 1. The van der Waals surface area contributed by atoms with Crippen molar-refractivity contribution in [2.45, 2.75) is 24.6 Å². The summed E-state index contributed by atoms with van der Waals surface area (Å²) in [5.74, 6) is 0.709. The van der Waals surface area contributed by atoms with Gasteiger partial charge in [0.05, 0.1) is 18.1 Å². The number of sulfonamides is 1. The third kappa shape index (κ3) is 7.21. The number of aliphatic imine (C=N–C) groups is 1. The highest BCUT2D eigenvalue weighted by Crippen LogP contribution is 2.20. The van der Waals surface area contributed by atoms with Crippen LogP contribution in [0.1, 0.15) is 17.5 Å². The molecule has 0 unspecified atom stereocenters. The van der Waals surface area contributed by atoms with Gasteiger partial charge in [-0.1, -0.05) is 11.6 Å². The molecule has 2 aromatic heterocycles. The Balaban J connectivity index is 0.00000392. The van der Waals surface area contributed by atoms with E-state index in [0.717, 1.165) is 17.1 Å². The standard InChI is InChI=1S/C17H26ClN5O2S2.HI/c1-5-19-17(23(4)12-15-10-14(18)11-22(15)3)20-8-9-21-27(24,25)16-7-6-13(2)26-16;/h6-7,10-11,21H,5,8-9,12H2,1-4H3,(H,19,20);1H. The first-order chi connectivity index (χ1) is 12.7. The number of nitrogens with zero attached hydrogens (tertiary/aromatic N) is 3. The predicted octanol–water partition coefficient (Wildman–Crippen LogP) is 3.04. The second-order valence-electron chi connectivity index (χ2n) is 6.12. The van der Waals surface area contributed by atoms with Crippen LogP contribution in [0.15, 0.2) is 33.6 Å². The van der Waals surface area contributed by atoms with Crippen LogP contribution in [0.2, 0.25) is 5.02 Å². The van der Waals surface area contributed by atoms with Gasteiger partial charge in [-0.15, -0.1) is 35.3 Å². The van der Waals surface area contributed by atoms with Gasteiger partial charge in [0.1, 0.15) is 4.21 Å². The third-order valence-corrected chi connectivity index (χ3v) is 6.98. The van der Waals surface area contributed by atoms with Gasteiger partial charge in [0.15, 0.2) is 5.96 Å². The Hall–Kier alpha value is -0.820. The maximum Gasteiger partial charge on any atom is 0.250 e. The first-order valence-electron chi connectivity index (χ1n) is 8.59. The molecule has 2 N–H and O–H groups in total. The van der Waals surface area contributed by atoms with E-state index in [-0.39, 0.29) is 30.5 Å². The van der Waals surface area contributed by atoms with E-state index in [4.69, 9.17) is 11.6 Å². The molecular formula is C17H27ClIN5O2S2. The van der Waals surface area contributed by atoms with Crippen molar-refractivity contribution in [3.05, 3.63) is 40.0 Å². The van der Waals surface area contributed by atoms with Gasteiger partial charge in [-0.25, -0.2) is 13.1 Å². The largest absolute Gasteiger partial charge is 0.357 e. The van der Waals surface area contributed by atoms with Crippen LogP contribution in [-0.4, -0.2) is 50.5 Å². The van der Waals surface area contributed by atoms with Gasteiger partial charge < -0.3 is 14.8 Å². The summed E-state index contributed by atoms with van der Waals surface area (Å²) in [6.07, 6.45) is 1.86. The lowest BCUT2D eigenvalue weighted by Gasteiger charge is -2.22. The van der Waals surface area contributed by atoms with Crippen LogP contribution in [0, 0.1) is 6.92 Å². The van der Waals surface area contributed by atoms with Gasteiger partial charge in [0.2, 0.25) is 10.0 Å². The highest BCUT2D eigenvalue weighted by Gasteiger charge is 2.15. The zero-order valence-electron chi connectivity index (χ0n) is 16.4. The maximum absolute atomic E-state index is 12.2. The Kier molecular flexibility index (Phi) is 10.3. The minimum atomic E-state index is -3.47. The first-order valence-corrected chi connectivity index (χ1v) is 11.3. The maximum atomic E-state index is 12.2. The van der Waals surface area contributed by atoms with Crippen molar-refractivity contribution in [2.24, 2.45) is 12.0 Å². The fourth-order valence-corrected chi connectivity index (χ4v) is 5.10. The fourth-order valence-electron chi connectivity index (χ4n) is 2.48. The monoisotopic (exact) mass is 559 g/mol. The summed E-state index contributed by atoms with van der Waals surface area (Å²) in [5, 5.41) is 3.92. The van der Waals surface area contributed by atoms with Gasteiger partial charge in [0.25, 0.3) is 0 Å². The number of aromatic nitrogens is 1. The Bertz CT molecular complexity index is 895. The van der Waals surface area contributed by atoms with Gasteiger partial charge >= 0.3 is 0 Å². The van der Waals surface area contributed by atoms with Crippen molar-refractivity contribution in [3.8, 4) is 0 Å². The molecule has 0 saturated heterocycles. The van der Waals surface area contributed by atoms with E-state index in [9.17, 15) is 8.42 Å². The van der Waals surface area contributed by atoms with Gasteiger partial charge in [0, 0.05) is 44.0 Å². The van der Waals surface area contributed by atoms with Crippen LogP contribution in [0.4, 0.5) is 0 Å². The molecule has 7 nitrogen and oxygen atoms in total. The molecular weight excluding hydrogens is 533 g/mol. The van der Waals surface area contributed by atoms with Crippen molar-refractivity contribution in [1.29, 1.82) is 0 Å². The number of hydrogen-bond donors (Lipinski definition) is 2. The topological polar surface area (TPSA) is 78.7 Å². The molecule has 158 valence electrons. The molecule has 0 bridgehead atoms. The molecule has 2 rings (SSSR count). The molecule has 0 radical (unpaired) electrons. The fraction of sp³-hybridized carbons (Fsp3) is 0.471. The molecule has 0 atom stereocenters. The van der Waals surface area contributed by atoms with Gasteiger partial charge in [-0.2, -0.15) is 0 Å². The second-order valence-corrected chi connectivity index (χ2v) is 9.83. The van der Waals surface area contributed by atoms with Crippen molar-refractivity contribution in [1.82, 2.24) is 19.5 Å². The first kappa shape index (κ1) is 25.2. The van der Waals surface area contributed by atoms with E-state index in [1.807, 2.05) is 49.7 Å². The van der Waals surface area contributed by atoms with E-state index in [1.165, 1.54) is 11.3 Å². The van der Waals surface area contributed by atoms with Crippen LogP contribution < -0.4 is 10.0 Å². The number of nitrogens with one attached hydrogen (secondary N) is 2. The summed E-state index contributed by atoms with van der Waals surface area (Å²) in [7, 11) is 0.402. The minimum absolute atomic E-state index is 0. The lowest BCUT2D eigenvalue weighted by atomic mass is 10.4. The summed E-state index contributed by atoms with van der Waals surface area (Å²) in [4.78, 5) is 7.46. The zero-order chi connectivity index (χ0) is 20.0.